The maximum absolute atomic E-state index is 14.0. The molecular formula is C16H17F2NO. The summed E-state index contributed by atoms with van der Waals surface area (Å²) < 4.78 is 33.4. The van der Waals surface area contributed by atoms with Crippen molar-refractivity contribution in [1.82, 2.24) is 4.98 Å². The Hall–Kier alpha value is -1.97. The van der Waals surface area contributed by atoms with Gasteiger partial charge < -0.3 is 4.74 Å². The number of nitrogens with zero attached hydrogens (tertiary/aromatic N) is 1. The molecule has 2 rings (SSSR count). The summed E-state index contributed by atoms with van der Waals surface area (Å²) in [6, 6.07) is 5.80. The van der Waals surface area contributed by atoms with Crippen LogP contribution in [0.4, 0.5) is 8.78 Å². The molecule has 1 heterocycles. The Balaban J connectivity index is 2.38. The zero-order valence-electron chi connectivity index (χ0n) is 12.0. The van der Waals surface area contributed by atoms with Gasteiger partial charge in [0.1, 0.15) is 5.75 Å². The van der Waals surface area contributed by atoms with Gasteiger partial charge >= 0.3 is 0 Å². The molecule has 0 aliphatic carbocycles. The third-order valence-corrected chi connectivity index (χ3v) is 2.95. The first kappa shape index (κ1) is 14.4. The van der Waals surface area contributed by atoms with Crippen LogP contribution in [0.25, 0.3) is 0 Å². The van der Waals surface area contributed by atoms with Gasteiger partial charge in [0.25, 0.3) is 0 Å². The Kier molecular flexibility index (Phi) is 3.75. The molecular weight excluding hydrogens is 260 g/mol. The molecule has 0 saturated heterocycles. The van der Waals surface area contributed by atoms with E-state index in [2.05, 4.69) is 4.98 Å². The van der Waals surface area contributed by atoms with E-state index in [9.17, 15) is 8.78 Å². The van der Waals surface area contributed by atoms with Crippen LogP contribution in [0.15, 0.2) is 30.5 Å². The average molecular weight is 277 g/mol. The number of halogens is 2. The van der Waals surface area contributed by atoms with Crippen LogP contribution in [0.5, 0.6) is 11.5 Å². The zero-order valence-corrected chi connectivity index (χ0v) is 12.0. The maximum atomic E-state index is 14.0. The molecule has 0 aliphatic rings. The molecule has 0 atom stereocenters. The van der Waals surface area contributed by atoms with Gasteiger partial charge in [0.2, 0.25) is 0 Å². The molecule has 0 aliphatic heterocycles. The molecule has 0 radical (unpaired) electrons. The third kappa shape index (κ3) is 3.13. The highest BCUT2D eigenvalue weighted by Crippen LogP contribution is 2.32. The van der Waals surface area contributed by atoms with Crippen molar-refractivity contribution in [2.75, 3.05) is 0 Å². The lowest BCUT2D eigenvalue weighted by atomic mass is 9.87. The lowest BCUT2D eigenvalue weighted by Gasteiger charge is -2.20. The normalized spacial score (nSPS) is 11.5. The first-order valence-electron chi connectivity index (χ1n) is 6.37. The highest BCUT2D eigenvalue weighted by molar-refractivity contribution is 5.38. The highest BCUT2D eigenvalue weighted by Gasteiger charge is 2.20. The molecule has 0 amide bonds. The second-order valence-electron chi connectivity index (χ2n) is 5.75. The predicted molar refractivity (Wildman–Crippen MR) is 74.1 cm³/mol. The van der Waals surface area contributed by atoms with Crippen LogP contribution < -0.4 is 4.74 Å². The van der Waals surface area contributed by atoms with Gasteiger partial charge in [0.05, 0.1) is 0 Å². The van der Waals surface area contributed by atoms with E-state index < -0.39 is 11.6 Å². The van der Waals surface area contributed by atoms with Gasteiger partial charge in [0, 0.05) is 18.0 Å². The summed E-state index contributed by atoms with van der Waals surface area (Å²) in [5.74, 6) is -1.43. The summed E-state index contributed by atoms with van der Waals surface area (Å²) in [4.78, 5) is 4.01. The minimum absolute atomic E-state index is 0.326. The summed E-state index contributed by atoms with van der Waals surface area (Å²) in [6.07, 6.45) is 1.53. The molecule has 106 valence electrons. The van der Waals surface area contributed by atoms with E-state index in [4.69, 9.17) is 4.74 Å². The second-order valence-corrected chi connectivity index (χ2v) is 5.75. The van der Waals surface area contributed by atoms with E-state index >= 15 is 0 Å². The number of aromatic nitrogens is 1. The van der Waals surface area contributed by atoms with Crippen molar-refractivity contribution in [1.29, 1.82) is 0 Å². The van der Waals surface area contributed by atoms with Crippen LogP contribution in [-0.2, 0) is 5.41 Å². The first-order chi connectivity index (χ1) is 9.27. The maximum Gasteiger partial charge on any atom is 0.198 e. The van der Waals surface area contributed by atoms with Gasteiger partial charge in [-0.2, -0.15) is 0 Å². The van der Waals surface area contributed by atoms with Gasteiger partial charge in [-0.25, -0.2) is 8.78 Å². The molecule has 20 heavy (non-hydrogen) atoms. The monoisotopic (exact) mass is 277 g/mol. The van der Waals surface area contributed by atoms with Crippen LogP contribution in [-0.4, -0.2) is 4.98 Å². The number of hydrogen-bond donors (Lipinski definition) is 0. The minimum atomic E-state index is -0.704. The van der Waals surface area contributed by atoms with Crippen molar-refractivity contribution in [2.24, 2.45) is 0 Å². The van der Waals surface area contributed by atoms with Gasteiger partial charge in [-0.1, -0.05) is 20.8 Å². The summed E-state index contributed by atoms with van der Waals surface area (Å²) in [5.41, 5.74) is 0.980. The molecule has 0 unspecified atom stereocenters. The second kappa shape index (κ2) is 5.19. The molecule has 4 heteroatoms. The van der Waals surface area contributed by atoms with Gasteiger partial charge in [0.15, 0.2) is 17.4 Å². The lowest BCUT2D eigenvalue weighted by Crippen LogP contribution is -2.12. The van der Waals surface area contributed by atoms with Crippen molar-refractivity contribution in [3.05, 3.63) is 53.4 Å². The van der Waals surface area contributed by atoms with E-state index in [0.29, 0.717) is 11.3 Å². The van der Waals surface area contributed by atoms with Crippen LogP contribution >= 0.6 is 0 Å². The summed E-state index contributed by atoms with van der Waals surface area (Å²) in [5, 5.41) is 0. The molecule has 2 aromatic rings. The number of aryl methyl sites for hydroxylation is 1. The van der Waals surface area contributed by atoms with Gasteiger partial charge in [-0.05, 0) is 36.1 Å². The quantitative estimate of drug-likeness (QED) is 0.789. The molecule has 1 aromatic heterocycles. The Morgan fingerprint density at radius 3 is 2.15 bits per heavy atom. The van der Waals surface area contributed by atoms with Crippen LogP contribution in [0.3, 0.4) is 0 Å². The molecule has 1 aromatic carbocycles. The fourth-order valence-corrected chi connectivity index (χ4v) is 1.79. The first-order valence-corrected chi connectivity index (χ1v) is 6.37. The number of hydrogen-bond acceptors (Lipinski definition) is 2. The van der Waals surface area contributed by atoms with Crippen LogP contribution in [0, 0.1) is 18.6 Å². The van der Waals surface area contributed by atoms with Gasteiger partial charge in [-0.3, -0.25) is 4.98 Å². The highest BCUT2D eigenvalue weighted by atomic mass is 19.1. The molecule has 0 saturated carbocycles. The fourth-order valence-electron chi connectivity index (χ4n) is 1.79. The molecule has 0 bridgehead atoms. The topological polar surface area (TPSA) is 22.1 Å². The van der Waals surface area contributed by atoms with Gasteiger partial charge in [-0.15, -0.1) is 0 Å². The Labute approximate surface area is 117 Å². The number of benzene rings is 1. The van der Waals surface area contributed by atoms with E-state index in [1.165, 1.54) is 18.3 Å². The largest absolute Gasteiger partial charge is 0.451 e. The zero-order chi connectivity index (χ0) is 14.9. The Bertz CT molecular complexity index is 610. The number of rotatable bonds is 2. The Morgan fingerprint density at radius 1 is 1.05 bits per heavy atom. The van der Waals surface area contributed by atoms with Crippen molar-refractivity contribution in [3.63, 3.8) is 0 Å². The smallest absolute Gasteiger partial charge is 0.198 e. The fraction of sp³-hybridized carbons (Fsp3) is 0.312. The molecule has 0 N–H and O–H groups in total. The molecule has 2 nitrogen and oxygen atoms in total. The number of ether oxygens (including phenoxy) is 1. The van der Waals surface area contributed by atoms with Crippen molar-refractivity contribution in [2.45, 2.75) is 33.1 Å². The van der Waals surface area contributed by atoms with E-state index in [-0.39, 0.29) is 11.2 Å². The van der Waals surface area contributed by atoms with E-state index in [0.717, 1.165) is 5.69 Å². The molecule has 0 spiro atoms. The third-order valence-electron chi connectivity index (χ3n) is 2.95. The summed E-state index contributed by atoms with van der Waals surface area (Å²) >= 11 is 0. The van der Waals surface area contributed by atoms with Crippen molar-refractivity contribution < 1.29 is 13.5 Å². The van der Waals surface area contributed by atoms with E-state index in [1.807, 2.05) is 20.8 Å². The van der Waals surface area contributed by atoms with E-state index in [1.54, 1.807) is 19.1 Å². The number of pyridine rings is 1. The Morgan fingerprint density at radius 2 is 1.65 bits per heavy atom. The van der Waals surface area contributed by atoms with Crippen molar-refractivity contribution >= 4 is 0 Å². The predicted octanol–water partition coefficient (Wildman–Crippen LogP) is 4.76. The average Bonchev–Trinajstić information content (AvgIpc) is 2.32. The molecule has 0 fully saturated rings. The summed E-state index contributed by atoms with van der Waals surface area (Å²) in [7, 11) is 0. The summed E-state index contributed by atoms with van der Waals surface area (Å²) in [6.45, 7) is 7.47. The minimum Gasteiger partial charge on any atom is -0.451 e. The lowest BCUT2D eigenvalue weighted by molar-refractivity contribution is 0.403. The van der Waals surface area contributed by atoms with Crippen LogP contribution in [0.2, 0.25) is 0 Å². The van der Waals surface area contributed by atoms with Crippen LogP contribution in [0.1, 0.15) is 32.0 Å². The van der Waals surface area contributed by atoms with Crippen molar-refractivity contribution in [3.8, 4) is 11.5 Å². The standard InChI is InChI=1S/C16H17F2NO/c1-10-7-12(5-6-19-10)20-15-13(17)8-11(9-14(15)18)16(2,3)4/h5-9H,1-4H3. The SMILES string of the molecule is Cc1cc(Oc2c(F)cc(C(C)(C)C)cc2F)ccn1.